The molecule has 26 heavy (non-hydrogen) atoms. The van der Waals surface area contributed by atoms with Crippen molar-refractivity contribution in [2.24, 2.45) is 0 Å². The number of ether oxygens (including phenoxy) is 1. The Kier molecular flexibility index (Phi) is 5.97. The van der Waals surface area contributed by atoms with E-state index in [1.165, 1.54) is 18.2 Å². The van der Waals surface area contributed by atoms with Crippen molar-refractivity contribution in [3.63, 3.8) is 0 Å². The van der Waals surface area contributed by atoms with Gasteiger partial charge in [-0.2, -0.15) is 0 Å². The van der Waals surface area contributed by atoms with Crippen LogP contribution < -0.4 is 10.6 Å². The standard InChI is InChI=1S/C20H23FN2O3/c1-5-13-6-8-14(9-7-13)18(24)22-15-10-11-16(21)17(12-15)23-19(25)26-20(2,3)4/h6-12H,5H2,1-4H3,(H,22,24)(H,23,25). The highest BCUT2D eigenvalue weighted by molar-refractivity contribution is 6.04. The van der Waals surface area contributed by atoms with E-state index in [0.29, 0.717) is 11.3 Å². The molecule has 0 bridgehead atoms. The van der Waals surface area contributed by atoms with E-state index in [4.69, 9.17) is 4.74 Å². The van der Waals surface area contributed by atoms with Crippen LogP contribution in [0.25, 0.3) is 0 Å². The van der Waals surface area contributed by atoms with Crippen molar-refractivity contribution in [3.05, 3.63) is 59.4 Å². The van der Waals surface area contributed by atoms with E-state index in [9.17, 15) is 14.0 Å². The summed E-state index contributed by atoms with van der Waals surface area (Å²) in [5.41, 5.74) is 1.22. The third-order valence-electron chi connectivity index (χ3n) is 3.48. The molecule has 2 aromatic carbocycles. The molecule has 2 N–H and O–H groups in total. The van der Waals surface area contributed by atoms with Gasteiger partial charge in [-0.3, -0.25) is 10.1 Å². The van der Waals surface area contributed by atoms with E-state index in [2.05, 4.69) is 10.6 Å². The SMILES string of the molecule is CCc1ccc(C(=O)Nc2ccc(F)c(NC(=O)OC(C)(C)C)c2)cc1. The second-order valence-electron chi connectivity index (χ2n) is 6.83. The van der Waals surface area contributed by atoms with E-state index < -0.39 is 17.5 Å². The fraction of sp³-hybridized carbons (Fsp3) is 0.300. The highest BCUT2D eigenvalue weighted by Crippen LogP contribution is 2.21. The fourth-order valence-electron chi connectivity index (χ4n) is 2.21. The Balaban J connectivity index is 2.10. The number of carbonyl (C=O) groups is 2. The van der Waals surface area contributed by atoms with Crippen LogP contribution >= 0.6 is 0 Å². The zero-order chi connectivity index (χ0) is 19.3. The zero-order valence-electron chi connectivity index (χ0n) is 15.4. The summed E-state index contributed by atoms with van der Waals surface area (Å²) < 4.78 is 19.0. The summed E-state index contributed by atoms with van der Waals surface area (Å²) >= 11 is 0. The van der Waals surface area contributed by atoms with Gasteiger partial charge in [0.25, 0.3) is 5.91 Å². The molecule has 0 aromatic heterocycles. The molecule has 0 aliphatic rings. The van der Waals surface area contributed by atoms with Gasteiger partial charge in [0.05, 0.1) is 5.69 Å². The topological polar surface area (TPSA) is 67.4 Å². The first-order chi connectivity index (χ1) is 12.2. The van der Waals surface area contributed by atoms with Gasteiger partial charge in [0, 0.05) is 11.3 Å². The molecule has 6 heteroatoms. The van der Waals surface area contributed by atoms with Gasteiger partial charge in [-0.05, 0) is 63.1 Å². The number of hydrogen-bond donors (Lipinski definition) is 2. The molecule has 0 radical (unpaired) electrons. The fourth-order valence-corrected chi connectivity index (χ4v) is 2.21. The Morgan fingerprint density at radius 1 is 1.04 bits per heavy atom. The highest BCUT2D eigenvalue weighted by atomic mass is 19.1. The Morgan fingerprint density at radius 2 is 1.69 bits per heavy atom. The Morgan fingerprint density at radius 3 is 2.27 bits per heavy atom. The molecule has 138 valence electrons. The number of nitrogens with one attached hydrogen (secondary N) is 2. The van der Waals surface area contributed by atoms with Crippen LogP contribution in [0.3, 0.4) is 0 Å². The molecule has 2 aromatic rings. The maximum Gasteiger partial charge on any atom is 0.412 e. The van der Waals surface area contributed by atoms with E-state index >= 15 is 0 Å². The van der Waals surface area contributed by atoms with Crippen molar-refractivity contribution < 1.29 is 18.7 Å². The van der Waals surface area contributed by atoms with Crippen molar-refractivity contribution in [1.82, 2.24) is 0 Å². The van der Waals surface area contributed by atoms with Crippen LogP contribution in [0.1, 0.15) is 43.6 Å². The molecule has 0 saturated carbocycles. The van der Waals surface area contributed by atoms with E-state index in [1.807, 2.05) is 19.1 Å². The number of carbonyl (C=O) groups excluding carboxylic acids is 2. The van der Waals surface area contributed by atoms with Crippen LogP contribution in [-0.4, -0.2) is 17.6 Å². The van der Waals surface area contributed by atoms with Crippen molar-refractivity contribution in [2.75, 3.05) is 10.6 Å². The van der Waals surface area contributed by atoms with Gasteiger partial charge in [-0.15, -0.1) is 0 Å². The first kappa shape index (κ1) is 19.4. The van der Waals surface area contributed by atoms with Crippen molar-refractivity contribution in [1.29, 1.82) is 0 Å². The minimum atomic E-state index is -0.768. The number of aryl methyl sites for hydroxylation is 1. The molecule has 2 amide bonds. The normalized spacial score (nSPS) is 11.0. The quantitative estimate of drug-likeness (QED) is 0.809. The first-order valence-corrected chi connectivity index (χ1v) is 8.38. The third-order valence-corrected chi connectivity index (χ3v) is 3.48. The molecule has 5 nitrogen and oxygen atoms in total. The van der Waals surface area contributed by atoms with Gasteiger partial charge in [0.1, 0.15) is 11.4 Å². The average molecular weight is 358 g/mol. The second-order valence-corrected chi connectivity index (χ2v) is 6.83. The smallest absolute Gasteiger partial charge is 0.412 e. The summed E-state index contributed by atoms with van der Waals surface area (Å²) in [5, 5.41) is 5.03. The van der Waals surface area contributed by atoms with Crippen molar-refractivity contribution in [2.45, 2.75) is 39.7 Å². The Hall–Kier alpha value is -2.89. The molecule has 2 rings (SSSR count). The molecular weight excluding hydrogens is 335 g/mol. The summed E-state index contributed by atoms with van der Waals surface area (Å²) in [7, 11) is 0. The summed E-state index contributed by atoms with van der Waals surface area (Å²) in [6.07, 6.45) is 0.120. The van der Waals surface area contributed by atoms with Gasteiger partial charge in [0.15, 0.2) is 0 Å². The van der Waals surface area contributed by atoms with Gasteiger partial charge >= 0.3 is 6.09 Å². The van der Waals surface area contributed by atoms with Gasteiger partial charge < -0.3 is 10.1 Å². The Labute approximate surface area is 152 Å². The van der Waals surface area contributed by atoms with Crippen LogP contribution in [-0.2, 0) is 11.2 Å². The predicted molar refractivity (Wildman–Crippen MR) is 100 cm³/mol. The van der Waals surface area contributed by atoms with Crippen LogP contribution in [0.15, 0.2) is 42.5 Å². The summed E-state index contributed by atoms with van der Waals surface area (Å²) in [6.45, 7) is 7.17. The summed E-state index contributed by atoms with van der Waals surface area (Å²) in [6, 6.07) is 11.2. The lowest BCUT2D eigenvalue weighted by Crippen LogP contribution is -2.27. The van der Waals surface area contributed by atoms with Crippen LogP contribution in [0.4, 0.5) is 20.6 Å². The molecule has 0 atom stereocenters. The number of anilines is 2. The minimum absolute atomic E-state index is 0.0709. The number of amides is 2. The molecule has 0 fully saturated rings. The third kappa shape index (κ3) is 5.58. The van der Waals surface area contributed by atoms with Crippen molar-refractivity contribution >= 4 is 23.4 Å². The monoisotopic (exact) mass is 358 g/mol. The lowest BCUT2D eigenvalue weighted by atomic mass is 10.1. The zero-order valence-corrected chi connectivity index (χ0v) is 15.4. The van der Waals surface area contributed by atoms with Crippen LogP contribution in [0, 0.1) is 5.82 Å². The minimum Gasteiger partial charge on any atom is -0.444 e. The van der Waals surface area contributed by atoms with Gasteiger partial charge in [0.2, 0.25) is 0 Å². The van der Waals surface area contributed by atoms with Crippen LogP contribution in [0.5, 0.6) is 0 Å². The van der Waals surface area contributed by atoms with E-state index in [-0.39, 0.29) is 11.6 Å². The molecule has 0 heterocycles. The lowest BCUT2D eigenvalue weighted by molar-refractivity contribution is 0.0635. The second kappa shape index (κ2) is 7.99. The number of halogens is 1. The van der Waals surface area contributed by atoms with Crippen LogP contribution in [0.2, 0.25) is 0 Å². The largest absolute Gasteiger partial charge is 0.444 e. The maximum atomic E-state index is 13.9. The molecule has 0 aliphatic heterocycles. The predicted octanol–water partition coefficient (Wildman–Crippen LogP) is 4.99. The van der Waals surface area contributed by atoms with E-state index in [0.717, 1.165) is 12.0 Å². The Bertz CT molecular complexity index is 796. The molecular formula is C20H23FN2O3. The number of rotatable bonds is 4. The summed E-state index contributed by atoms with van der Waals surface area (Å²) in [5.74, 6) is -0.941. The lowest BCUT2D eigenvalue weighted by Gasteiger charge is -2.20. The molecule has 0 unspecified atom stereocenters. The number of benzene rings is 2. The van der Waals surface area contributed by atoms with Crippen molar-refractivity contribution in [3.8, 4) is 0 Å². The molecule has 0 spiro atoms. The van der Waals surface area contributed by atoms with Gasteiger partial charge in [-0.1, -0.05) is 19.1 Å². The maximum absolute atomic E-state index is 13.9. The highest BCUT2D eigenvalue weighted by Gasteiger charge is 2.18. The summed E-state index contributed by atoms with van der Waals surface area (Å²) in [4.78, 5) is 24.1. The first-order valence-electron chi connectivity index (χ1n) is 8.38. The number of hydrogen-bond acceptors (Lipinski definition) is 3. The molecule has 0 aliphatic carbocycles. The van der Waals surface area contributed by atoms with E-state index in [1.54, 1.807) is 32.9 Å². The van der Waals surface area contributed by atoms with Gasteiger partial charge in [-0.25, -0.2) is 9.18 Å². The average Bonchev–Trinajstić information content (AvgIpc) is 2.56. The molecule has 0 saturated heterocycles.